The van der Waals surface area contributed by atoms with Crippen molar-refractivity contribution >= 4 is 17.9 Å². The van der Waals surface area contributed by atoms with E-state index in [2.05, 4.69) is 4.74 Å². The molecule has 1 aliphatic carbocycles. The molecule has 0 spiro atoms. The number of methoxy groups -OCH3 is 1. The van der Waals surface area contributed by atoms with Crippen LogP contribution in [0.1, 0.15) is 13.3 Å². The first-order valence-electron chi connectivity index (χ1n) is 5.97. The highest BCUT2D eigenvalue weighted by Gasteiger charge is 2.56. The number of esters is 3. The van der Waals surface area contributed by atoms with Gasteiger partial charge < -0.3 is 14.2 Å². The van der Waals surface area contributed by atoms with Crippen LogP contribution in [0.25, 0.3) is 0 Å². The molecule has 0 N–H and O–H groups in total. The number of ether oxygens (including phenoxy) is 3. The maximum Gasteiger partial charge on any atom is 0.337 e. The summed E-state index contributed by atoms with van der Waals surface area (Å²) in [5.41, 5.74) is 0.301. The third kappa shape index (κ3) is 1.52. The molecule has 100 valence electrons. The summed E-state index contributed by atoms with van der Waals surface area (Å²) in [4.78, 5) is 35.2. The molecule has 2 heterocycles. The number of rotatable bonds is 1. The van der Waals surface area contributed by atoms with Gasteiger partial charge in [-0.25, -0.2) is 4.79 Å². The highest BCUT2D eigenvalue weighted by Crippen LogP contribution is 2.49. The molecule has 6 heteroatoms. The number of hydrogen-bond donors (Lipinski definition) is 0. The van der Waals surface area contributed by atoms with E-state index in [9.17, 15) is 14.4 Å². The van der Waals surface area contributed by atoms with Gasteiger partial charge in [0.05, 0.1) is 30.4 Å². The minimum Gasteiger partial charge on any atom is -0.466 e. The van der Waals surface area contributed by atoms with Gasteiger partial charge in [0.1, 0.15) is 11.5 Å². The van der Waals surface area contributed by atoms with Crippen molar-refractivity contribution in [2.75, 3.05) is 7.11 Å². The van der Waals surface area contributed by atoms with Crippen molar-refractivity contribution in [2.24, 2.45) is 17.8 Å². The quantitative estimate of drug-likeness (QED) is 0.512. The normalized spacial score (nSPS) is 32.3. The molecule has 0 aromatic carbocycles. The molecule has 1 fully saturated rings. The average Bonchev–Trinajstić information content (AvgIpc) is 2.85. The highest BCUT2D eigenvalue weighted by atomic mass is 16.6. The van der Waals surface area contributed by atoms with Gasteiger partial charge in [-0.3, -0.25) is 9.59 Å². The average molecular weight is 264 g/mol. The third-order valence-electron chi connectivity index (χ3n) is 3.81. The lowest BCUT2D eigenvalue weighted by Crippen LogP contribution is -2.32. The molecule has 3 atom stereocenters. The largest absolute Gasteiger partial charge is 0.466 e. The first kappa shape index (κ1) is 12.0. The van der Waals surface area contributed by atoms with Gasteiger partial charge in [-0.05, 0) is 19.4 Å². The first-order valence-corrected chi connectivity index (χ1v) is 5.97. The Hall–Kier alpha value is -2.11. The fraction of sp³-hybridized carbons (Fsp3) is 0.462. The molecular formula is C13H12O6. The summed E-state index contributed by atoms with van der Waals surface area (Å²) in [6, 6.07) is 0. The minimum atomic E-state index is -0.681. The summed E-state index contributed by atoms with van der Waals surface area (Å²) >= 11 is 0. The van der Waals surface area contributed by atoms with Crippen LogP contribution in [0, 0.1) is 17.8 Å². The van der Waals surface area contributed by atoms with Gasteiger partial charge in [0, 0.05) is 0 Å². The Labute approximate surface area is 109 Å². The molecule has 19 heavy (non-hydrogen) atoms. The second-order valence-electron chi connectivity index (χ2n) is 4.76. The molecule has 0 saturated carbocycles. The summed E-state index contributed by atoms with van der Waals surface area (Å²) in [5, 5.41) is 0. The van der Waals surface area contributed by atoms with Gasteiger partial charge in [-0.2, -0.15) is 0 Å². The topological polar surface area (TPSA) is 78.9 Å². The zero-order valence-electron chi connectivity index (χ0n) is 10.5. The predicted molar refractivity (Wildman–Crippen MR) is 60.1 cm³/mol. The van der Waals surface area contributed by atoms with E-state index in [-0.39, 0.29) is 0 Å². The summed E-state index contributed by atoms with van der Waals surface area (Å²) in [5.74, 6) is -2.50. The van der Waals surface area contributed by atoms with Gasteiger partial charge in [0.2, 0.25) is 0 Å². The van der Waals surface area contributed by atoms with Crippen LogP contribution >= 0.6 is 0 Å². The van der Waals surface area contributed by atoms with Crippen LogP contribution in [0.3, 0.4) is 0 Å². The number of allylic oxidation sites excluding steroid dienone is 3. The molecule has 0 aromatic rings. The summed E-state index contributed by atoms with van der Waals surface area (Å²) in [7, 11) is 1.27. The molecule has 3 aliphatic rings. The Balaban J connectivity index is 2.06. The minimum absolute atomic E-state index is 0.301. The molecule has 2 aliphatic heterocycles. The van der Waals surface area contributed by atoms with E-state index in [4.69, 9.17) is 9.47 Å². The molecule has 0 amide bonds. The standard InChI is InChI=1S/C13H12O6/c1-5-8(12(15)17-2)10-7(18-5)4-3-6-9(10)13(16)19-11(6)14/h4,6,9-10H,3H2,1-2H3/t6-,9-,10?/m1/s1. The Bertz CT molecular complexity index is 555. The maximum absolute atomic E-state index is 11.8. The van der Waals surface area contributed by atoms with Crippen molar-refractivity contribution < 1.29 is 28.6 Å². The number of fused-ring (bicyclic) bond motifs is 3. The molecule has 1 saturated heterocycles. The van der Waals surface area contributed by atoms with Crippen molar-refractivity contribution in [1.29, 1.82) is 0 Å². The maximum atomic E-state index is 11.8. The van der Waals surface area contributed by atoms with Crippen molar-refractivity contribution in [3.63, 3.8) is 0 Å². The van der Waals surface area contributed by atoms with Crippen LogP contribution in [0.15, 0.2) is 23.2 Å². The monoisotopic (exact) mass is 264 g/mol. The lowest BCUT2D eigenvalue weighted by atomic mass is 9.73. The van der Waals surface area contributed by atoms with Gasteiger partial charge in [-0.15, -0.1) is 0 Å². The molecular weight excluding hydrogens is 252 g/mol. The van der Waals surface area contributed by atoms with Gasteiger partial charge in [-0.1, -0.05) is 0 Å². The zero-order chi connectivity index (χ0) is 13.7. The molecule has 6 nitrogen and oxygen atoms in total. The fourth-order valence-electron chi connectivity index (χ4n) is 2.97. The first-order chi connectivity index (χ1) is 9.04. The van der Waals surface area contributed by atoms with E-state index in [0.29, 0.717) is 23.5 Å². The van der Waals surface area contributed by atoms with Crippen molar-refractivity contribution in [1.82, 2.24) is 0 Å². The zero-order valence-corrected chi connectivity index (χ0v) is 10.5. The summed E-state index contributed by atoms with van der Waals surface area (Å²) < 4.78 is 14.9. The number of carbonyl (C=O) groups excluding carboxylic acids is 3. The second kappa shape index (κ2) is 3.94. The molecule has 1 unspecified atom stereocenters. The molecule has 3 rings (SSSR count). The van der Waals surface area contributed by atoms with Crippen molar-refractivity contribution in [2.45, 2.75) is 13.3 Å². The third-order valence-corrected chi connectivity index (χ3v) is 3.81. The fourth-order valence-corrected chi connectivity index (χ4v) is 2.97. The van der Waals surface area contributed by atoms with E-state index in [1.165, 1.54) is 7.11 Å². The second-order valence-corrected chi connectivity index (χ2v) is 4.76. The van der Waals surface area contributed by atoms with E-state index in [1.807, 2.05) is 0 Å². The number of cyclic esters (lactones) is 2. The Morgan fingerprint density at radius 1 is 1.32 bits per heavy atom. The van der Waals surface area contributed by atoms with Gasteiger partial charge in [0.25, 0.3) is 0 Å². The highest BCUT2D eigenvalue weighted by molar-refractivity contribution is 6.00. The smallest absolute Gasteiger partial charge is 0.337 e. The van der Waals surface area contributed by atoms with Crippen LogP contribution in [-0.4, -0.2) is 25.0 Å². The van der Waals surface area contributed by atoms with Crippen LogP contribution in [-0.2, 0) is 28.6 Å². The van der Waals surface area contributed by atoms with Crippen LogP contribution in [0.5, 0.6) is 0 Å². The Morgan fingerprint density at radius 3 is 2.74 bits per heavy atom. The molecule has 0 aromatic heterocycles. The summed E-state index contributed by atoms with van der Waals surface area (Å²) in [6.07, 6.45) is 2.13. The lowest BCUT2D eigenvalue weighted by molar-refractivity contribution is -0.153. The van der Waals surface area contributed by atoms with Crippen molar-refractivity contribution in [3.05, 3.63) is 23.2 Å². The van der Waals surface area contributed by atoms with Crippen LogP contribution in [0.4, 0.5) is 0 Å². The van der Waals surface area contributed by atoms with Gasteiger partial charge >= 0.3 is 17.9 Å². The van der Waals surface area contributed by atoms with Gasteiger partial charge in [0.15, 0.2) is 0 Å². The number of hydrogen-bond acceptors (Lipinski definition) is 6. The van der Waals surface area contributed by atoms with E-state index < -0.39 is 35.7 Å². The number of carbonyl (C=O) groups is 3. The van der Waals surface area contributed by atoms with E-state index in [1.54, 1.807) is 13.0 Å². The van der Waals surface area contributed by atoms with Crippen LogP contribution in [0.2, 0.25) is 0 Å². The Morgan fingerprint density at radius 2 is 2.05 bits per heavy atom. The lowest BCUT2D eigenvalue weighted by Gasteiger charge is -2.25. The Kier molecular flexibility index (Phi) is 2.48. The van der Waals surface area contributed by atoms with Crippen molar-refractivity contribution in [3.8, 4) is 0 Å². The molecule has 0 radical (unpaired) electrons. The molecule has 0 bridgehead atoms. The van der Waals surface area contributed by atoms with E-state index in [0.717, 1.165) is 0 Å². The summed E-state index contributed by atoms with van der Waals surface area (Å²) in [6.45, 7) is 1.64. The van der Waals surface area contributed by atoms with Crippen LogP contribution < -0.4 is 0 Å². The van der Waals surface area contributed by atoms with E-state index >= 15 is 0 Å². The predicted octanol–water partition coefficient (Wildman–Crippen LogP) is 0.683. The SMILES string of the molecule is COC(=O)C1=C(C)OC2=CC[C@H]3C(=O)OC(=O)[C@H]3C21.